The number of carbonyl (C=O) groups is 2. The number of aryl methyl sites for hydroxylation is 2. The van der Waals surface area contributed by atoms with Crippen LogP contribution in [-0.2, 0) is 36.1 Å². The summed E-state index contributed by atoms with van der Waals surface area (Å²) in [6.45, 7) is 4.45. The van der Waals surface area contributed by atoms with Crippen LogP contribution in [0.15, 0.2) is 47.7 Å². The molecular formula is C24H29ClN6O4. The molecule has 0 spiro atoms. The average Bonchev–Trinajstić information content (AvgIpc) is 3.24. The molecule has 0 unspecified atom stereocenters. The second kappa shape index (κ2) is 12.1. The zero-order valence-electron chi connectivity index (χ0n) is 19.9. The van der Waals surface area contributed by atoms with Crippen molar-refractivity contribution < 1.29 is 14.3 Å². The molecule has 35 heavy (non-hydrogen) atoms. The Labute approximate surface area is 208 Å². The Morgan fingerprint density at radius 3 is 2.63 bits per heavy atom. The molecule has 3 aromatic rings. The highest BCUT2D eigenvalue weighted by molar-refractivity contribution is 6.30. The third kappa shape index (κ3) is 7.10. The summed E-state index contributed by atoms with van der Waals surface area (Å²) in [6.07, 6.45) is 5.04. The van der Waals surface area contributed by atoms with Crippen LogP contribution in [0.3, 0.4) is 0 Å². The fraction of sp³-hybridized carbons (Fsp3) is 0.333. The van der Waals surface area contributed by atoms with Crippen LogP contribution >= 0.6 is 11.6 Å². The lowest BCUT2D eigenvalue weighted by molar-refractivity contribution is -0.123. The fourth-order valence-corrected chi connectivity index (χ4v) is 3.56. The monoisotopic (exact) mass is 500 g/mol. The second-order valence-corrected chi connectivity index (χ2v) is 8.33. The molecule has 0 bridgehead atoms. The molecule has 0 radical (unpaired) electrons. The predicted molar refractivity (Wildman–Crippen MR) is 133 cm³/mol. The standard InChI is InChI=1S/C24H29ClN6O4/c1-4-26-23(33)15-35-20-6-5-18(25)11-17(20)13-28-22(32)12-19-16(2)7-9-31(24(19)34)29-14-21-27-8-10-30(21)3/h5-11,29H,4,12-15H2,1-3H3,(H,26,33)(H,28,32). The Bertz CT molecular complexity index is 1250. The number of amides is 2. The summed E-state index contributed by atoms with van der Waals surface area (Å²) in [4.78, 5) is 41.6. The van der Waals surface area contributed by atoms with Crippen LogP contribution in [0, 0.1) is 6.92 Å². The highest BCUT2D eigenvalue weighted by Crippen LogP contribution is 2.23. The number of pyridine rings is 1. The number of imidazole rings is 1. The lowest BCUT2D eigenvalue weighted by Gasteiger charge is -2.14. The highest BCUT2D eigenvalue weighted by Gasteiger charge is 2.14. The van der Waals surface area contributed by atoms with Gasteiger partial charge in [0.2, 0.25) is 5.91 Å². The quantitative estimate of drug-likeness (QED) is 0.368. The molecule has 186 valence electrons. The van der Waals surface area contributed by atoms with Gasteiger partial charge in [-0.05, 0) is 43.7 Å². The van der Waals surface area contributed by atoms with E-state index in [0.29, 0.717) is 40.6 Å². The second-order valence-electron chi connectivity index (χ2n) is 7.89. The van der Waals surface area contributed by atoms with E-state index >= 15 is 0 Å². The molecule has 2 amide bonds. The third-order valence-electron chi connectivity index (χ3n) is 5.32. The van der Waals surface area contributed by atoms with Crippen LogP contribution in [0.5, 0.6) is 5.75 Å². The topological polar surface area (TPSA) is 119 Å². The van der Waals surface area contributed by atoms with Crippen LogP contribution < -0.4 is 26.4 Å². The van der Waals surface area contributed by atoms with Crippen molar-refractivity contribution in [3.05, 3.63) is 80.7 Å². The molecule has 1 aromatic carbocycles. The number of likely N-dealkylation sites (N-methyl/N-ethyl adjacent to an activating group) is 1. The normalized spacial score (nSPS) is 10.6. The van der Waals surface area contributed by atoms with Gasteiger partial charge in [0, 0.05) is 54.9 Å². The van der Waals surface area contributed by atoms with Crippen LogP contribution in [-0.4, -0.2) is 39.2 Å². The van der Waals surface area contributed by atoms with Gasteiger partial charge >= 0.3 is 0 Å². The minimum Gasteiger partial charge on any atom is -0.483 e. The van der Waals surface area contributed by atoms with E-state index in [-0.39, 0.29) is 36.9 Å². The summed E-state index contributed by atoms with van der Waals surface area (Å²) in [5, 5.41) is 5.93. The van der Waals surface area contributed by atoms with Gasteiger partial charge in [-0.15, -0.1) is 0 Å². The third-order valence-corrected chi connectivity index (χ3v) is 5.56. The van der Waals surface area contributed by atoms with Crippen molar-refractivity contribution in [2.45, 2.75) is 33.4 Å². The Kier molecular flexibility index (Phi) is 8.91. The largest absolute Gasteiger partial charge is 0.483 e. The first-order chi connectivity index (χ1) is 16.8. The van der Waals surface area contributed by atoms with Crippen molar-refractivity contribution >= 4 is 23.4 Å². The Balaban J connectivity index is 1.65. The number of hydrogen-bond donors (Lipinski definition) is 3. The maximum absolute atomic E-state index is 13.0. The Morgan fingerprint density at radius 2 is 1.91 bits per heavy atom. The molecule has 0 saturated heterocycles. The number of ether oxygens (including phenoxy) is 1. The summed E-state index contributed by atoms with van der Waals surface area (Å²) in [7, 11) is 1.87. The maximum atomic E-state index is 13.0. The molecular weight excluding hydrogens is 472 g/mol. The van der Waals surface area contributed by atoms with Crippen molar-refractivity contribution in [2.75, 3.05) is 18.6 Å². The molecule has 11 heteroatoms. The number of hydrogen-bond acceptors (Lipinski definition) is 6. The minimum absolute atomic E-state index is 0.0920. The lowest BCUT2D eigenvalue weighted by Crippen LogP contribution is -2.34. The fourth-order valence-electron chi connectivity index (χ4n) is 3.37. The average molecular weight is 501 g/mol. The number of carbonyl (C=O) groups excluding carboxylic acids is 2. The van der Waals surface area contributed by atoms with Crippen LogP contribution in [0.25, 0.3) is 0 Å². The zero-order valence-corrected chi connectivity index (χ0v) is 20.7. The number of rotatable bonds is 11. The van der Waals surface area contributed by atoms with Crippen LogP contribution in [0.2, 0.25) is 5.02 Å². The molecule has 0 aliphatic heterocycles. The first-order valence-electron chi connectivity index (χ1n) is 11.1. The van der Waals surface area contributed by atoms with Gasteiger partial charge in [-0.3, -0.25) is 14.4 Å². The summed E-state index contributed by atoms with van der Waals surface area (Å²) in [6, 6.07) is 6.74. The number of nitrogens with one attached hydrogen (secondary N) is 3. The zero-order chi connectivity index (χ0) is 25.4. The highest BCUT2D eigenvalue weighted by atomic mass is 35.5. The minimum atomic E-state index is -0.332. The van der Waals surface area contributed by atoms with Gasteiger partial charge in [-0.1, -0.05) is 11.6 Å². The van der Waals surface area contributed by atoms with Crippen molar-refractivity contribution in [1.29, 1.82) is 0 Å². The molecule has 0 saturated carbocycles. The first kappa shape index (κ1) is 25.8. The van der Waals surface area contributed by atoms with Gasteiger partial charge in [-0.25, -0.2) is 9.66 Å². The number of aromatic nitrogens is 3. The van der Waals surface area contributed by atoms with E-state index in [9.17, 15) is 14.4 Å². The molecule has 3 rings (SSSR count). The van der Waals surface area contributed by atoms with Crippen LogP contribution in [0.1, 0.15) is 29.4 Å². The van der Waals surface area contributed by atoms with E-state index < -0.39 is 0 Å². The van der Waals surface area contributed by atoms with E-state index in [1.165, 1.54) is 4.68 Å². The summed E-state index contributed by atoms with van der Waals surface area (Å²) in [5.74, 6) is 0.632. The lowest BCUT2D eigenvalue weighted by atomic mass is 10.1. The summed E-state index contributed by atoms with van der Waals surface area (Å²) >= 11 is 6.11. The predicted octanol–water partition coefficient (Wildman–Crippen LogP) is 1.66. The van der Waals surface area contributed by atoms with E-state index in [0.717, 1.165) is 5.82 Å². The van der Waals surface area contributed by atoms with Crippen molar-refractivity contribution in [1.82, 2.24) is 24.9 Å². The van der Waals surface area contributed by atoms with Crippen molar-refractivity contribution in [3.63, 3.8) is 0 Å². The number of benzene rings is 1. The molecule has 2 aromatic heterocycles. The Hall–Kier alpha value is -3.79. The van der Waals surface area contributed by atoms with Gasteiger partial charge < -0.3 is 25.4 Å². The van der Waals surface area contributed by atoms with Gasteiger partial charge in [0.1, 0.15) is 11.6 Å². The molecule has 0 aliphatic rings. The SMILES string of the molecule is CCNC(=O)COc1ccc(Cl)cc1CNC(=O)Cc1c(C)ccn(NCc2nccn2C)c1=O. The van der Waals surface area contributed by atoms with Gasteiger partial charge in [0.25, 0.3) is 11.5 Å². The van der Waals surface area contributed by atoms with Crippen molar-refractivity contribution in [3.8, 4) is 5.75 Å². The van der Waals surface area contributed by atoms with Gasteiger partial charge in [0.05, 0.1) is 13.0 Å². The molecule has 0 fully saturated rings. The van der Waals surface area contributed by atoms with E-state index in [1.807, 2.05) is 24.7 Å². The van der Waals surface area contributed by atoms with Gasteiger partial charge in [0.15, 0.2) is 6.61 Å². The molecule has 0 atom stereocenters. The van der Waals surface area contributed by atoms with Crippen LogP contribution in [0.4, 0.5) is 0 Å². The molecule has 2 heterocycles. The van der Waals surface area contributed by atoms with Crippen molar-refractivity contribution in [2.24, 2.45) is 7.05 Å². The first-order valence-corrected chi connectivity index (χ1v) is 11.5. The molecule has 3 N–H and O–H groups in total. The molecule has 10 nitrogen and oxygen atoms in total. The summed E-state index contributed by atoms with van der Waals surface area (Å²) in [5.41, 5.74) is 4.44. The smallest absolute Gasteiger partial charge is 0.272 e. The van der Waals surface area contributed by atoms with E-state index in [4.69, 9.17) is 16.3 Å². The van der Waals surface area contributed by atoms with E-state index in [1.54, 1.807) is 43.6 Å². The Morgan fingerprint density at radius 1 is 1.11 bits per heavy atom. The molecule has 0 aliphatic carbocycles. The number of halogens is 1. The summed E-state index contributed by atoms with van der Waals surface area (Å²) < 4.78 is 8.79. The van der Waals surface area contributed by atoms with Gasteiger partial charge in [-0.2, -0.15) is 0 Å². The van der Waals surface area contributed by atoms with E-state index in [2.05, 4.69) is 21.0 Å². The maximum Gasteiger partial charge on any atom is 0.272 e. The number of nitrogens with zero attached hydrogens (tertiary/aromatic N) is 3.